The van der Waals surface area contributed by atoms with Crippen LogP contribution in [0.5, 0.6) is 11.5 Å². The van der Waals surface area contributed by atoms with Crippen LogP contribution in [0.15, 0.2) is 78.9 Å². The van der Waals surface area contributed by atoms with Crippen LogP contribution in [0.3, 0.4) is 0 Å². The van der Waals surface area contributed by atoms with Gasteiger partial charge in [0.1, 0.15) is 34.8 Å². The molecule has 0 bridgehead atoms. The minimum absolute atomic E-state index is 0.271. The minimum Gasteiger partial charge on any atom is -0.457 e. The summed E-state index contributed by atoms with van der Waals surface area (Å²) in [6.45, 7) is 1.84. The molecule has 1 aromatic heterocycles. The van der Waals surface area contributed by atoms with Crippen molar-refractivity contribution in [3.8, 4) is 11.5 Å². The summed E-state index contributed by atoms with van der Waals surface area (Å²) in [4.78, 5) is 23.4. The van der Waals surface area contributed by atoms with Gasteiger partial charge in [0, 0.05) is 37.1 Å². The SMILES string of the molecule is Cc1nc(Nc2ccc(NC(=O)c3cccc(Oc4ccc(F)cc4)c3)cc2)cc(N(C)C)n1. The fraction of sp³-hybridized carbons (Fsp3) is 0.115. The first-order chi connectivity index (χ1) is 16.4. The molecule has 7 nitrogen and oxygen atoms in total. The molecule has 8 heteroatoms. The van der Waals surface area contributed by atoms with Crippen molar-refractivity contribution in [1.82, 2.24) is 9.97 Å². The van der Waals surface area contributed by atoms with E-state index in [4.69, 9.17) is 4.74 Å². The van der Waals surface area contributed by atoms with Gasteiger partial charge in [-0.25, -0.2) is 14.4 Å². The van der Waals surface area contributed by atoms with Crippen LogP contribution in [-0.4, -0.2) is 30.0 Å². The van der Waals surface area contributed by atoms with Crippen LogP contribution in [0.2, 0.25) is 0 Å². The first-order valence-electron chi connectivity index (χ1n) is 10.6. The van der Waals surface area contributed by atoms with E-state index in [2.05, 4.69) is 20.6 Å². The molecule has 34 heavy (non-hydrogen) atoms. The molecule has 0 fully saturated rings. The Morgan fingerprint density at radius 3 is 2.29 bits per heavy atom. The molecule has 0 aliphatic heterocycles. The van der Waals surface area contributed by atoms with E-state index in [0.717, 1.165) is 11.5 Å². The Labute approximate surface area is 197 Å². The smallest absolute Gasteiger partial charge is 0.255 e. The van der Waals surface area contributed by atoms with E-state index in [-0.39, 0.29) is 11.7 Å². The Morgan fingerprint density at radius 1 is 0.882 bits per heavy atom. The molecule has 0 aliphatic rings. The van der Waals surface area contributed by atoms with Gasteiger partial charge in [0.15, 0.2) is 0 Å². The molecule has 4 aromatic rings. The maximum Gasteiger partial charge on any atom is 0.255 e. The van der Waals surface area contributed by atoms with Crippen LogP contribution in [-0.2, 0) is 0 Å². The second-order valence-electron chi connectivity index (χ2n) is 7.79. The van der Waals surface area contributed by atoms with Crippen molar-refractivity contribution in [2.45, 2.75) is 6.92 Å². The number of amides is 1. The van der Waals surface area contributed by atoms with E-state index < -0.39 is 0 Å². The van der Waals surface area contributed by atoms with Crippen LogP contribution in [0.25, 0.3) is 0 Å². The standard InChI is InChI=1S/C26H24FN5O2/c1-17-28-24(16-25(29-17)32(2)3)30-20-9-11-21(12-10-20)31-26(33)18-5-4-6-23(15-18)34-22-13-7-19(27)8-14-22/h4-16H,1-3H3,(H,31,33)(H,28,29,30). The van der Waals surface area contributed by atoms with Crippen LogP contribution < -0.4 is 20.3 Å². The van der Waals surface area contributed by atoms with Gasteiger partial charge in [0.25, 0.3) is 5.91 Å². The molecule has 1 amide bonds. The van der Waals surface area contributed by atoms with Gasteiger partial charge in [-0.1, -0.05) is 6.07 Å². The predicted octanol–water partition coefficient (Wildman–Crippen LogP) is 5.78. The quantitative estimate of drug-likeness (QED) is 0.366. The van der Waals surface area contributed by atoms with Crippen LogP contribution in [0.1, 0.15) is 16.2 Å². The molecule has 172 valence electrons. The van der Waals surface area contributed by atoms with E-state index in [0.29, 0.717) is 34.4 Å². The first-order valence-corrected chi connectivity index (χ1v) is 10.6. The summed E-state index contributed by atoms with van der Waals surface area (Å²) in [5.41, 5.74) is 1.92. The van der Waals surface area contributed by atoms with E-state index in [1.807, 2.05) is 44.1 Å². The monoisotopic (exact) mass is 457 g/mol. The molecule has 0 saturated heterocycles. The highest BCUT2D eigenvalue weighted by atomic mass is 19.1. The van der Waals surface area contributed by atoms with Crippen molar-refractivity contribution in [2.75, 3.05) is 29.6 Å². The lowest BCUT2D eigenvalue weighted by molar-refractivity contribution is 0.102. The number of nitrogens with zero attached hydrogens (tertiary/aromatic N) is 3. The molecular formula is C26H24FN5O2. The number of rotatable bonds is 7. The van der Waals surface area contributed by atoms with Crippen molar-refractivity contribution >= 4 is 28.9 Å². The lowest BCUT2D eigenvalue weighted by atomic mass is 10.2. The average molecular weight is 458 g/mol. The topological polar surface area (TPSA) is 79.4 Å². The molecule has 4 rings (SSSR count). The van der Waals surface area contributed by atoms with E-state index in [1.165, 1.54) is 24.3 Å². The lowest BCUT2D eigenvalue weighted by Crippen LogP contribution is -2.12. The normalized spacial score (nSPS) is 10.5. The van der Waals surface area contributed by atoms with Gasteiger partial charge in [-0.3, -0.25) is 4.79 Å². The Kier molecular flexibility index (Phi) is 6.68. The number of carbonyl (C=O) groups is 1. The number of hydrogen-bond donors (Lipinski definition) is 2. The van der Waals surface area contributed by atoms with Gasteiger partial charge in [-0.05, 0) is 73.7 Å². The van der Waals surface area contributed by atoms with Crippen molar-refractivity contribution in [3.05, 3.63) is 96.1 Å². The third-order valence-corrected chi connectivity index (χ3v) is 4.84. The second kappa shape index (κ2) is 9.99. The molecule has 0 spiro atoms. The Hall–Kier alpha value is -4.46. The number of carbonyl (C=O) groups excluding carboxylic acids is 1. The highest BCUT2D eigenvalue weighted by molar-refractivity contribution is 6.04. The summed E-state index contributed by atoms with van der Waals surface area (Å²) < 4.78 is 18.8. The predicted molar refractivity (Wildman–Crippen MR) is 132 cm³/mol. The third kappa shape index (κ3) is 5.86. The third-order valence-electron chi connectivity index (χ3n) is 4.84. The minimum atomic E-state index is -0.341. The first kappa shape index (κ1) is 22.7. The molecule has 0 saturated carbocycles. The van der Waals surface area contributed by atoms with Crippen molar-refractivity contribution in [1.29, 1.82) is 0 Å². The maximum atomic E-state index is 13.1. The Bertz CT molecular complexity index is 1290. The summed E-state index contributed by atoms with van der Waals surface area (Å²) in [5.74, 6) is 2.52. The van der Waals surface area contributed by atoms with E-state index >= 15 is 0 Å². The molecule has 3 aromatic carbocycles. The number of aryl methyl sites for hydroxylation is 1. The fourth-order valence-corrected chi connectivity index (χ4v) is 3.17. The molecule has 2 N–H and O–H groups in total. The Morgan fingerprint density at radius 2 is 1.59 bits per heavy atom. The van der Waals surface area contributed by atoms with Crippen molar-refractivity contribution < 1.29 is 13.9 Å². The number of anilines is 4. The summed E-state index contributed by atoms with van der Waals surface area (Å²) in [6, 6.07) is 21.7. The molecular weight excluding hydrogens is 433 g/mol. The van der Waals surface area contributed by atoms with E-state index in [9.17, 15) is 9.18 Å². The Balaban J connectivity index is 1.41. The zero-order chi connectivity index (χ0) is 24.1. The largest absolute Gasteiger partial charge is 0.457 e. The fourth-order valence-electron chi connectivity index (χ4n) is 3.17. The van der Waals surface area contributed by atoms with Gasteiger partial charge in [-0.2, -0.15) is 0 Å². The van der Waals surface area contributed by atoms with Gasteiger partial charge < -0.3 is 20.3 Å². The van der Waals surface area contributed by atoms with E-state index in [1.54, 1.807) is 36.4 Å². The second-order valence-corrected chi connectivity index (χ2v) is 7.79. The van der Waals surface area contributed by atoms with Gasteiger partial charge >= 0.3 is 0 Å². The zero-order valence-corrected chi connectivity index (χ0v) is 19.0. The molecule has 0 atom stereocenters. The average Bonchev–Trinajstić information content (AvgIpc) is 2.81. The van der Waals surface area contributed by atoms with Crippen LogP contribution in [0, 0.1) is 12.7 Å². The summed E-state index contributed by atoms with van der Waals surface area (Å²) in [7, 11) is 3.85. The molecule has 1 heterocycles. The molecule has 0 aliphatic carbocycles. The maximum absolute atomic E-state index is 13.1. The number of aromatic nitrogens is 2. The number of halogens is 1. The van der Waals surface area contributed by atoms with Crippen LogP contribution >= 0.6 is 0 Å². The van der Waals surface area contributed by atoms with Gasteiger partial charge in [0.05, 0.1) is 0 Å². The van der Waals surface area contributed by atoms with Crippen molar-refractivity contribution in [2.24, 2.45) is 0 Å². The van der Waals surface area contributed by atoms with Crippen molar-refractivity contribution in [3.63, 3.8) is 0 Å². The van der Waals surface area contributed by atoms with Gasteiger partial charge in [0.2, 0.25) is 0 Å². The highest BCUT2D eigenvalue weighted by Crippen LogP contribution is 2.24. The van der Waals surface area contributed by atoms with Gasteiger partial charge in [-0.15, -0.1) is 0 Å². The highest BCUT2D eigenvalue weighted by Gasteiger charge is 2.09. The number of ether oxygens (including phenoxy) is 1. The number of hydrogen-bond acceptors (Lipinski definition) is 6. The molecule has 0 unspecified atom stereocenters. The summed E-state index contributed by atoms with van der Waals surface area (Å²) >= 11 is 0. The summed E-state index contributed by atoms with van der Waals surface area (Å²) in [6.07, 6.45) is 0. The zero-order valence-electron chi connectivity index (χ0n) is 19.0. The molecule has 0 radical (unpaired) electrons. The number of benzene rings is 3. The van der Waals surface area contributed by atoms with Crippen LogP contribution in [0.4, 0.5) is 27.4 Å². The lowest BCUT2D eigenvalue weighted by Gasteiger charge is -2.14. The summed E-state index contributed by atoms with van der Waals surface area (Å²) in [5, 5.41) is 6.13. The number of nitrogens with one attached hydrogen (secondary N) is 2.